The third kappa shape index (κ3) is 4.58. The molecule has 0 spiro atoms. The van der Waals surface area contributed by atoms with Gasteiger partial charge in [0.05, 0.1) is 0 Å². The topological polar surface area (TPSA) is 90.9 Å². The van der Waals surface area contributed by atoms with Crippen LogP contribution < -0.4 is 5.43 Å². The van der Waals surface area contributed by atoms with E-state index in [1.54, 1.807) is 26.0 Å². The van der Waals surface area contributed by atoms with Gasteiger partial charge in [0.15, 0.2) is 5.43 Å². The summed E-state index contributed by atoms with van der Waals surface area (Å²) < 4.78 is 6.18. The molecule has 0 bridgehead atoms. The molecule has 0 atom stereocenters. The zero-order chi connectivity index (χ0) is 24.6. The highest BCUT2D eigenvalue weighted by atomic mass is 16.3. The van der Waals surface area contributed by atoms with Gasteiger partial charge in [0, 0.05) is 41.2 Å². The van der Waals surface area contributed by atoms with Crippen LogP contribution in [-0.4, -0.2) is 15.3 Å². The van der Waals surface area contributed by atoms with E-state index in [-0.39, 0.29) is 52.4 Å². The summed E-state index contributed by atoms with van der Waals surface area (Å²) in [7, 11) is 0. The number of hydrogen-bond donors (Lipinski definition) is 3. The Hall–Kier alpha value is -3.73. The van der Waals surface area contributed by atoms with Gasteiger partial charge in [0.1, 0.15) is 34.0 Å². The van der Waals surface area contributed by atoms with Gasteiger partial charge in [-0.1, -0.05) is 48.6 Å². The molecule has 1 heterocycles. The van der Waals surface area contributed by atoms with Crippen LogP contribution in [0, 0.1) is 6.92 Å². The highest BCUT2D eigenvalue weighted by Gasteiger charge is 2.24. The Kier molecular flexibility index (Phi) is 6.54. The lowest BCUT2D eigenvalue weighted by Gasteiger charge is -2.17. The minimum absolute atomic E-state index is 0.00170. The van der Waals surface area contributed by atoms with Crippen LogP contribution in [0.2, 0.25) is 0 Å². The van der Waals surface area contributed by atoms with Crippen LogP contribution >= 0.6 is 0 Å². The van der Waals surface area contributed by atoms with E-state index in [2.05, 4.69) is 19.7 Å². The number of aryl methyl sites for hydroxylation is 1. The van der Waals surface area contributed by atoms with Crippen molar-refractivity contribution in [2.24, 2.45) is 0 Å². The zero-order valence-corrected chi connectivity index (χ0v) is 19.6. The molecular weight excluding hydrogens is 416 g/mol. The molecule has 172 valence electrons. The summed E-state index contributed by atoms with van der Waals surface area (Å²) >= 11 is 0. The van der Waals surface area contributed by atoms with Gasteiger partial charge >= 0.3 is 0 Å². The second-order valence-corrected chi connectivity index (χ2v) is 8.99. The smallest absolute Gasteiger partial charge is 0.197 e. The largest absolute Gasteiger partial charge is 0.507 e. The van der Waals surface area contributed by atoms with Gasteiger partial charge < -0.3 is 19.7 Å². The van der Waals surface area contributed by atoms with Gasteiger partial charge in [-0.05, 0) is 39.7 Å². The highest BCUT2D eigenvalue weighted by molar-refractivity contribution is 5.91. The Labute approximate surface area is 193 Å². The molecule has 0 saturated carbocycles. The number of fused-ring (bicyclic) bond motifs is 1. The van der Waals surface area contributed by atoms with Gasteiger partial charge in [-0.3, -0.25) is 4.79 Å². The summed E-state index contributed by atoms with van der Waals surface area (Å²) in [5, 5.41) is 32.6. The van der Waals surface area contributed by atoms with Crippen LogP contribution in [-0.2, 0) is 19.3 Å². The SMILES string of the molecule is C=C(C)Cc1c(-c2cc(=O)c3c(O)c(CC(=C)C)c(O)c(CC(=C)C)c3o2)ccc(C)c1O. The van der Waals surface area contributed by atoms with Crippen molar-refractivity contribution in [3.05, 3.63) is 87.1 Å². The number of phenolic OH excluding ortho intramolecular Hbond substituents is 3. The lowest BCUT2D eigenvalue weighted by Crippen LogP contribution is -2.07. The predicted octanol–water partition coefficient (Wildman–Crippen LogP) is 6.24. The first-order valence-electron chi connectivity index (χ1n) is 10.7. The number of benzene rings is 2. The maximum absolute atomic E-state index is 13.2. The van der Waals surface area contributed by atoms with Crippen LogP contribution in [0.5, 0.6) is 17.2 Å². The standard InChI is InChI=1S/C28H30O5/c1-14(2)10-19-18(9-8-17(7)25(19)30)23-13-22(29)24-27(32)20(11-15(3)4)26(31)21(12-16(5)6)28(24)33-23/h8-9,13,30-32H,1,3,5,10-12H2,2,4,6-7H3. The molecule has 3 rings (SSSR count). The van der Waals surface area contributed by atoms with Crippen molar-refractivity contribution < 1.29 is 19.7 Å². The summed E-state index contributed by atoms with van der Waals surface area (Å²) in [6.45, 7) is 19.0. The Bertz CT molecular complexity index is 1370. The lowest BCUT2D eigenvalue weighted by molar-refractivity contribution is 0.437. The second-order valence-electron chi connectivity index (χ2n) is 8.99. The van der Waals surface area contributed by atoms with E-state index in [0.717, 1.165) is 16.7 Å². The van der Waals surface area contributed by atoms with Crippen LogP contribution in [0.15, 0.2) is 63.9 Å². The maximum atomic E-state index is 13.2. The van der Waals surface area contributed by atoms with Crippen molar-refractivity contribution in [2.75, 3.05) is 0 Å². The minimum Gasteiger partial charge on any atom is -0.507 e. The second kappa shape index (κ2) is 9.02. The zero-order valence-electron chi connectivity index (χ0n) is 19.6. The van der Waals surface area contributed by atoms with E-state index in [9.17, 15) is 20.1 Å². The van der Waals surface area contributed by atoms with Crippen molar-refractivity contribution in [1.82, 2.24) is 0 Å². The molecular formula is C28H30O5. The molecule has 3 N–H and O–H groups in total. The molecule has 2 aromatic carbocycles. The predicted molar refractivity (Wildman–Crippen MR) is 133 cm³/mol. The van der Waals surface area contributed by atoms with Gasteiger partial charge in [0.25, 0.3) is 0 Å². The Morgan fingerprint density at radius 2 is 1.36 bits per heavy atom. The maximum Gasteiger partial charge on any atom is 0.197 e. The molecule has 33 heavy (non-hydrogen) atoms. The average Bonchev–Trinajstić information content (AvgIpc) is 2.71. The summed E-state index contributed by atoms with van der Waals surface area (Å²) in [4.78, 5) is 13.2. The molecule has 0 aliphatic rings. The van der Waals surface area contributed by atoms with Crippen molar-refractivity contribution in [1.29, 1.82) is 0 Å². The fraction of sp³-hybridized carbons (Fsp3) is 0.250. The van der Waals surface area contributed by atoms with Gasteiger partial charge in [0.2, 0.25) is 0 Å². The van der Waals surface area contributed by atoms with Gasteiger partial charge in [-0.15, -0.1) is 0 Å². The molecule has 0 unspecified atom stereocenters. The van der Waals surface area contributed by atoms with Crippen molar-refractivity contribution in [3.63, 3.8) is 0 Å². The number of aromatic hydroxyl groups is 3. The fourth-order valence-corrected chi connectivity index (χ4v) is 4.02. The highest BCUT2D eigenvalue weighted by Crippen LogP contribution is 2.42. The monoisotopic (exact) mass is 446 g/mol. The molecule has 0 aliphatic heterocycles. The van der Waals surface area contributed by atoms with E-state index in [4.69, 9.17) is 4.42 Å². The Balaban J connectivity index is 2.43. The quantitative estimate of drug-likeness (QED) is 0.374. The number of hydrogen-bond acceptors (Lipinski definition) is 5. The molecule has 0 aliphatic carbocycles. The average molecular weight is 447 g/mol. The number of rotatable bonds is 7. The third-order valence-corrected chi connectivity index (χ3v) is 5.50. The molecule has 0 fully saturated rings. The summed E-state index contributed by atoms with van der Waals surface area (Å²) in [6.07, 6.45) is 0.875. The van der Waals surface area contributed by atoms with Crippen LogP contribution in [0.4, 0.5) is 0 Å². The first kappa shape index (κ1) is 23.9. The van der Waals surface area contributed by atoms with Gasteiger partial charge in [-0.25, -0.2) is 0 Å². The summed E-state index contributed by atoms with van der Waals surface area (Å²) in [5.41, 5.74) is 4.42. The minimum atomic E-state index is -0.448. The van der Waals surface area contributed by atoms with E-state index >= 15 is 0 Å². The fourth-order valence-electron chi connectivity index (χ4n) is 4.02. The van der Waals surface area contributed by atoms with E-state index in [1.807, 2.05) is 13.8 Å². The van der Waals surface area contributed by atoms with Crippen molar-refractivity contribution >= 4 is 11.0 Å². The van der Waals surface area contributed by atoms with Crippen molar-refractivity contribution in [2.45, 2.75) is 47.0 Å². The van der Waals surface area contributed by atoms with E-state index in [1.165, 1.54) is 6.07 Å². The third-order valence-electron chi connectivity index (χ3n) is 5.50. The molecule has 5 nitrogen and oxygen atoms in total. The van der Waals surface area contributed by atoms with Crippen LogP contribution in [0.1, 0.15) is 43.0 Å². The first-order chi connectivity index (χ1) is 15.4. The summed E-state index contributed by atoms with van der Waals surface area (Å²) in [6, 6.07) is 4.84. The first-order valence-corrected chi connectivity index (χ1v) is 10.7. The summed E-state index contributed by atoms with van der Waals surface area (Å²) in [5.74, 6) is -0.109. The molecule has 5 heteroatoms. The molecule has 0 radical (unpaired) electrons. The molecule has 3 aromatic rings. The van der Waals surface area contributed by atoms with Crippen molar-refractivity contribution in [3.8, 4) is 28.6 Å². The normalized spacial score (nSPS) is 11.0. The van der Waals surface area contributed by atoms with Crippen LogP contribution in [0.3, 0.4) is 0 Å². The Morgan fingerprint density at radius 3 is 1.94 bits per heavy atom. The van der Waals surface area contributed by atoms with E-state index < -0.39 is 5.43 Å². The van der Waals surface area contributed by atoms with E-state index in [0.29, 0.717) is 28.7 Å². The number of allylic oxidation sites excluding steroid dienone is 3. The lowest BCUT2D eigenvalue weighted by atomic mass is 9.93. The molecule has 0 saturated heterocycles. The Morgan fingerprint density at radius 1 is 0.818 bits per heavy atom. The van der Waals surface area contributed by atoms with Crippen LogP contribution in [0.25, 0.3) is 22.3 Å². The molecule has 1 aromatic heterocycles. The molecule has 0 amide bonds. The number of phenols is 3. The van der Waals surface area contributed by atoms with Gasteiger partial charge in [-0.2, -0.15) is 0 Å².